The smallest absolute Gasteiger partial charge is 0.142 e. The second-order valence-electron chi connectivity index (χ2n) is 3.86. The first kappa shape index (κ1) is 11.1. The van der Waals surface area contributed by atoms with E-state index in [9.17, 15) is 4.79 Å². The van der Waals surface area contributed by atoms with Crippen molar-refractivity contribution in [3.63, 3.8) is 0 Å². The van der Waals surface area contributed by atoms with Gasteiger partial charge in [-0.3, -0.25) is 4.79 Å². The van der Waals surface area contributed by atoms with Gasteiger partial charge in [-0.1, -0.05) is 26.2 Å². The van der Waals surface area contributed by atoms with Crippen molar-refractivity contribution in [2.75, 3.05) is 5.75 Å². The zero-order chi connectivity index (χ0) is 9.52. The molecule has 0 bridgehead atoms. The van der Waals surface area contributed by atoms with Gasteiger partial charge in [0.1, 0.15) is 5.78 Å². The van der Waals surface area contributed by atoms with Crippen molar-refractivity contribution in [1.29, 1.82) is 0 Å². The fraction of sp³-hybridized carbons (Fsp3) is 0.909. The Hall–Kier alpha value is 0.0200. The van der Waals surface area contributed by atoms with Crippen LogP contribution in [0.5, 0.6) is 0 Å². The molecule has 0 spiro atoms. The zero-order valence-corrected chi connectivity index (χ0v) is 9.37. The maximum absolute atomic E-state index is 11.3. The molecule has 0 saturated heterocycles. The number of carbonyl (C=O) groups is 1. The summed E-state index contributed by atoms with van der Waals surface area (Å²) in [4.78, 5) is 11.3. The largest absolute Gasteiger partial charge is 0.299 e. The lowest BCUT2D eigenvalue weighted by Crippen LogP contribution is -2.11. The maximum Gasteiger partial charge on any atom is 0.142 e. The van der Waals surface area contributed by atoms with Crippen LogP contribution in [0.2, 0.25) is 0 Å². The number of carbonyl (C=O) groups excluding carboxylic acids is 1. The molecule has 76 valence electrons. The van der Waals surface area contributed by atoms with Crippen molar-refractivity contribution in [3.05, 3.63) is 0 Å². The first-order chi connectivity index (χ1) is 6.33. The second kappa shape index (κ2) is 6.47. The normalized spacial score (nSPS) is 18.8. The predicted molar refractivity (Wildman–Crippen MR) is 59.2 cm³/mol. The van der Waals surface area contributed by atoms with Crippen LogP contribution in [0.3, 0.4) is 0 Å². The Morgan fingerprint density at radius 1 is 1.31 bits per heavy atom. The molecule has 1 saturated carbocycles. The average molecular weight is 200 g/mol. The Morgan fingerprint density at radius 3 is 2.62 bits per heavy atom. The molecule has 1 aliphatic rings. The van der Waals surface area contributed by atoms with Crippen LogP contribution in [-0.2, 0) is 4.79 Å². The van der Waals surface area contributed by atoms with Gasteiger partial charge in [0.05, 0.1) is 5.75 Å². The highest BCUT2D eigenvalue weighted by molar-refractivity contribution is 8.00. The van der Waals surface area contributed by atoms with Gasteiger partial charge in [0.2, 0.25) is 0 Å². The molecule has 0 atom stereocenters. The van der Waals surface area contributed by atoms with Gasteiger partial charge >= 0.3 is 0 Å². The van der Waals surface area contributed by atoms with E-state index in [4.69, 9.17) is 0 Å². The minimum absolute atomic E-state index is 0.443. The summed E-state index contributed by atoms with van der Waals surface area (Å²) < 4.78 is 0. The molecule has 0 aromatic heterocycles. The zero-order valence-electron chi connectivity index (χ0n) is 8.55. The molecule has 0 aromatic carbocycles. The maximum atomic E-state index is 11.3. The lowest BCUT2D eigenvalue weighted by Gasteiger charge is -2.20. The quantitative estimate of drug-likeness (QED) is 0.676. The Morgan fingerprint density at radius 2 is 2.00 bits per heavy atom. The molecular weight excluding hydrogens is 180 g/mol. The first-order valence-electron chi connectivity index (χ1n) is 5.46. The van der Waals surface area contributed by atoms with E-state index >= 15 is 0 Å². The van der Waals surface area contributed by atoms with Gasteiger partial charge in [-0.05, 0) is 19.3 Å². The molecule has 0 aliphatic heterocycles. The summed E-state index contributed by atoms with van der Waals surface area (Å²) in [5, 5.41) is 0.787. The third kappa shape index (κ3) is 4.70. The van der Waals surface area contributed by atoms with Crippen LogP contribution in [0.4, 0.5) is 0 Å². The topological polar surface area (TPSA) is 17.1 Å². The van der Waals surface area contributed by atoms with Crippen molar-refractivity contribution in [3.8, 4) is 0 Å². The van der Waals surface area contributed by atoms with E-state index in [0.29, 0.717) is 5.78 Å². The summed E-state index contributed by atoms with van der Waals surface area (Å²) in [6, 6.07) is 0. The van der Waals surface area contributed by atoms with Crippen LogP contribution >= 0.6 is 11.8 Å². The molecule has 0 amide bonds. The highest BCUT2D eigenvalue weighted by Gasteiger charge is 2.14. The van der Waals surface area contributed by atoms with Gasteiger partial charge in [-0.25, -0.2) is 0 Å². The number of Topliss-reactive ketones (excluding diaryl/α,β-unsaturated/α-hetero) is 1. The van der Waals surface area contributed by atoms with Crippen molar-refractivity contribution >= 4 is 17.5 Å². The van der Waals surface area contributed by atoms with E-state index in [1.54, 1.807) is 0 Å². The Labute approximate surface area is 85.7 Å². The lowest BCUT2D eigenvalue weighted by atomic mass is 10.0. The minimum Gasteiger partial charge on any atom is -0.299 e. The van der Waals surface area contributed by atoms with Gasteiger partial charge in [0, 0.05) is 11.7 Å². The fourth-order valence-corrected chi connectivity index (χ4v) is 3.03. The molecule has 0 heterocycles. The van der Waals surface area contributed by atoms with Crippen molar-refractivity contribution in [1.82, 2.24) is 0 Å². The van der Waals surface area contributed by atoms with E-state index < -0.39 is 0 Å². The minimum atomic E-state index is 0.443. The molecule has 1 nitrogen and oxygen atoms in total. The molecular formula is C11H20OS. The second-order valence-corrected chi connectivity index (χ2v) is 5.15. The summed E-state index contributed by atoms with van der Waals surface area (Å²) in [6.45, 7) is 2.07. The van der Waals surface area contributed by atoms with Crippen molar-refractivity contribution in [2.24, 2.45) is 0 Å². The van der Waals surface area contributed by atoms with Crippen LogP contribution in [0.25, 0.3) is 0 Å². The Kier molecular flexibility index (Phi) is 5.52. The molecule has 2 heteroatoms. The van der Waals surface area contributed by atoms with E-state index in [1.807, 2.05) is 11.8 Å². The molecule has 13 heavy (non-hydrogen) atoms. The third-order valence-corrected chi connectivity index (χ3v) is 3.99. The standard InChI is InChI=1S/C11H20OS/c1-2-6-10(12)9-13-11-7-4-3-5-8-11/h11H,2-9H2,1H3. The van der Waals surface area contributed by atoms with Gasteiger partial charge in [0.25, 0.3) is 0 Å². The van der Waals surface area contributed by atoms with Crippen LogP contribution in [0.1, 0.15) is 51.9 Å². The number of thioether (sulfide) groups is 1. The molecule has 1 rings (SSSR count). The highest BCUT2D eigenvalue weighted by atomic mass is 32.2. The van der Waals surface area contributed by atoms with Crippen molar-refractivity contribution in [2.45, 2.75) is 57.1 Å². The molecule has 1 aliphatic carbocycles. The molecule has 1 fully saturated rings. The predicted octanol–water partition coefficient (Wildman–Crippen LogP) is 3.42. The molecule has 0 N–H and O–H groups in total. The molecule has 0 radical (unpaired) electrons. The summed E-state index contributed by atoms with van der Waals surface area (Å²) in [5.74, 6) is 1.21. The van der Waals surface area contributed by atoms with Crippen LogP contribution in [0, 0.1) is 0 Å². The van der Waals surface area contributed by atoms with Gasteiger partial charge in [-0.2, -0.15) is 11.8 Å². The lowest BCUT2D eigenvalue weighted by molar-refractivity contribution is -0.116. The van der Waals surface area contributed by atoms with Gasteiger partial charge < -0.3 is 0 Å². The van der Waals surface area contributed by atoms with E-state index in [0.717, 1.165) is 23.8 Å². The fourth-order valence-electron chi connectivity index (χ4n) is 1.79. The number of ketones is 1. The van der Waals surface area contributed by atoms with E-state index in [2.05, 4.69) is 6.92 Å². The number of hydrogen-bond donors (Lipinski definition) is 0. The van der Waals surface area contributed by atoms with Gasteiger partial charge in [-0.15, -0.1) is 0 Å². The van der Waals surface area contributed by atoms with Crippen LogP contribution < -0.4 is 0 Å². The molecule has 0 unspecified atom stereocenters. The van der Waals surface area contributed by atoms with E-state index in [-0.39, 0.29) is 0 Å². The molecule has 0 aromatic rings. The first-order valence-corrected chi connectivity index (χ1v) is 6.51. The third-order valence-electron chi connectivity index (χ3n) is 2.56. The van der Waals surface area contributed by atoms with Gasteiger partial charge in [0.15, 0.2) is 0 Å². The van der Waals surface area contributed by atoms with Crippen molar-refractivity contribution < 1.29 is 4.79 Å². The summed E-state index contributed by atoms with van der Waals surface area (Å²) in [5.41, 5.74) is 0. The average Bonchev–Trinajstić information content (AvgIpc) is 2.17. The Balaban J connectivity index is 2.06. The van der Waals surface area contributed by atoms with Crippen LogP contribution in [-0.4, -0.2) is 16.8 Å². The van der Waals surface area contributed by atoms with E-state index in [1.165, 1.54) is 32.1 Å². The SMILES string of the molecule is CCCC(=O)CSC1CCCCC1. The summed E-state index contributed by atoms with van der Waals surface area (Å²) >= 11 is 1.90. The Bertz CT molecular complexity index is 150. The summed E-state index contributed by atoms with van der Waals surface area (Å²) in [6.07, 6.45) is 8.61. The summed E-state index contributed by atoms with van der Waals surface area (Å²) in [7, 11) is 0. The van der Waals surface area contributed by atoms with Crippen LogP contribution in [0.15, 0.2) is 0 Å². The number of hydrogen-bond acceptors (Lipinski definition) is 2. The number of rotatable bonds is 5. The highest BCUT2D eigenvalue weighted by Crippen LogP contribution is 2.28. The monoisotopic (exact) mass is 200 g/mol.